The molecule has 0 bridgehead atoms. The predicted octanol–water partition coefficient (Wildman–Crippen LogP) is 4.20. The lowest BCUT2D eigenvalue weighted by atomic mass is 10.2. The zero-order valence-electron chi connectivity index (χ0n) is 9.29. The number of furan rings is 1. The molecule has 3 nitrogen and oxygen atoms in total. The van der Waals surface area contributed by atoms with Gasteiger partial charge in [-0.1, -0.05) is 11.6 Å². The molecule has 0 atom stereocenters. The molecule has 0 radical (unpaired) electrons. The minimum absolute atomic E-state index is 0.00732. The molecular weight excluding hydrogens is 283 g/mol. The van der Waals surface area contributed by atoms with E-state index >= 15 is 0 Å². The molecule has 1 amide bonds. The van der Waals surface area contributed by atoms with Crippen LogP contribution in [0.2, 0.25) is 5.02 Å². The number of alkyl halides is 3. The molecule has 0 aliphatic rings. The van der Waals surface area contributed by atoms with E-state index in [2.05, 4.69) is 5.32 Å². The van der Waals surface area contributed by atoms with Crippen molar-refractivity contribution in [2.75, 3.05) is 5.32 Å². The standard InChI is InChI=1S/C12H7ClF3NO2/c13-8-4-3-7(12(14,15)16)6-9(8)17-11(18)10-2-1-5-19-10/h1-6H,(H,17,18). The third-order valence-electron chi connectivity index (χ3n) is 2.29. The molecular formula is C12H7ClF3NO2. The van der Waals surface area contributed by atoms with Crippen molar-refractivity contribution in [1.29, 1.82) is 0 Å². The van der Waals surface area contributed by atoms with Gasteiger partial charge in [-0.25, -0.2) is 0 Å². The summed E-state index contributed by atoms with van der Waals surface area (Å²) in [5.74, 6) is -0.695. The molecule has 2 aromatic rings. The van der Waals surface area contributed by atoms with E-state index in [-0.39, 0.29) is 16.5 Å². The van der Waals surface area contributed by atoms with Crippen molar-refractivity contribution < 1.29 is 22.4 Å². The molecule has 0 aliphatic heterocycles. The van der Waals surface area contributed by atoms with Gasteiger partial charge in [-0.05, 0) is 30.3 Å². The molecule has 1 aromatic carbocycles. The van der Waals surface area contributed by atoms with Gasteiger partial charge in [0.25, 0.3) is 5.91 Å². The molecule has 1 aromatic heterocycles. The number of hydrogen-bond acceptors (Lipinski definition) is 2. The van der Waals surface area contributed by atoms with Crippen LogP contribution in [0.25, 0.3) is 0 Å². The summed E-state index contributed by atoms with van der Waals surface area (Å²) in [6.07, 6.45) is -3.22. The summed E-state index contributed by atoms with van der Waals surface area (Å²) in [6.45, 7) is 0. The Balaban J connectivity index is 2.27. The van der Waals surface area contributed by atoms with Crippen LogP contribution in [0.15, 0.2) is 41.0 Å². The highest BCUT2D eigenvalue weighted by Gasteiger charge is 2.31. The SMILES string of the molecule is O=C(Nc1cc(C(F)(F)F)ccc1Cl)c1ccco1. The Hall–Kier alpha value is -1.95. The minimum atomic E-state index is -4.51. The van der Waals surface area contributed by atoms with Crippen molar-refractivity contribution in [3.63, 3.8) is 0 Å². The van der Waals surface area contributed by atoms with E-state index in [4.69, 9.17) is 16.0 Å². The molecule has 1 heterocycles. The van der Waals surface area contributed by atoms with Crippen LogP contribution in [0, 0.1) is 0 Å². The second-order valence-corrected chi connectivity index (χ2v) is 4.03. The van der Waals surface area contributed by atoms with Crippen LogP contribution in [0.5, 0.6) is 0 Å². The molecule has 0 saturated heterocycles. The van der Waals surface area contributed by atoms with Gasteiger partial charge >= 0.3 is 6.18 Å². The first-order valence-corrected chi connectivity index (χ1v) is 5.47. The van der Waals surface area contributed by atoms with Gasteiger partial charge in [0.2, 0.25) is 0 Å². The maximum Gasteiger partial charge on any atom is 0.416 e. The highest BCUT2D eigenvalue weighted by Crippen LogP contribution is 2.33. The van der Waals surface area contributed by atoms with Gasteiger partial charge in [0.05, 0.1) is 22.5 Å². The number of anilines is 1. The Morgan fingerprint density at radius 3 is 2.58 bits per heavy atom. The predicted molar refractivity (Wildman–Crippen MR) is 63.1 cm³/mol. The summed E-state index contributed by atoms with van der Waals surface area (Å²) in [7, 11) is 0. The molecule has 0 spiro atoms. The van der Waals surface area contributed by atoms with Crippen LogP contribution in [-0.4, -0.2) is 5.91 Å². The van der Waals surface area contributed by atoms with Crippen molar-refractivity contribution in [3.8, 4) is 0 Å². The average Bonchev–Trinajstić information content (AvgIpc) is 2.84. The number of amides is 1. The minimum Gasteiger partial charge on any atom is -0.459 e. The molecule has 100 valence electrons. The maximum atomic E-state index is 12.5. The van der Waals surface area contributed by atoms with E-state index in [1.165, 1.54) is 18.4 Å². The van der Waals surface area contributed by atoms with Gasteiger partial charge in [-0.2, -0.15) is 13.2 Å². The van der Waals surface area contributed by atoms with E-state index in [9.17, 15) is 18.0 Å². The summed E-state index contributed by atoms with van der Waals surface area (Å²) in [5.41, 5.74) is -1.02. The van der Waals surface area contributed by atoms with Crippen LogP contribution in [0.4, 0.5) is 18.9 Å². The Kier molecular flexibility index (Phi) is 3.53. The van der Waals surface area contributed by atoms with Crippen molar-refractivity contribution in [2.24, 2.45) is 0 Å². The molecule has 0 fully saturated rings. The van der Waals surface area contributed by atoms with Gasteiger partial charge in [-0.15, -0.1) is 0 Å². The zero-order valence-corrected chi connectivity index (χ0v) is 10.0. The number of carbonyl (C=O) groups excluding carboxylic acids is 1. The highest BCUT2D eigenvalue weighted by atomic mass is 35.5. The quantitative estimate of drug-likeness (QED) is 0.900. The van der Waals surface area contributed by atoms with Gasteiger partial charge in [0.1, 0.15) is 0 Å². The third-order valence-corrected chi connectivity index (χ3v) is 2.62. The van der Waals surface area contributed by atoms with E-state index < -0.39 is 17.6 Å². The first-order valence-electron chi connectivity index (χ1n) is 5.09. The van der Waals surface area contributed by atoms with Crippen molar-refractivity contribution >= 4 is 23.2 Å². The Morgan fingerprint density at radius 1 is 1.26 bits per heavy atom. The number of hydrogen-bond donors (Lipinski definition) is 1. The number of carbonyl (C=O) groups is 1. The van der Waals surface area contributed by atoms with Crippen molar-refractivity contribution in [2.45, 2.75) is 6.18 Å². The van der Waals surface area contributed by atoms with Crippen molar-refractivity contribution in [1.82, 2.24) is 0 Å². The number of halogens is 4. The lowest BCUT2D eigenvalue weighted by Gasteiger charge is -2.10. The second-order valence-electron chi connectivity index (χ2n) is 3.62. The molecule has 0 unspecified atom stereocenters. The average molecular weight is 290 g/mol. The Bertz CT molecular complexity index is 594. The van der Waals surface area contributed by atoms with E-state index in [0.717, 1.165) is 18.2 Å². The molecule has 7 heteroatoms. The number of rotatable bonds is 2. The van der Waals surface area contributed by atoms with Gasteiger partial charge in [0, 0.05) is 0 Å². The summed E-state index contributed by atoms with van der Waals surface area (Å²) < 4.78 is 42.4. The molecule has 19 heavy (non-hydrogen) atoms. The molecule has 0 saturated carbocycles. The molecule has 1 N–H and O–H groups in total. The zero-order chi connectivity index (χ0) is 14.0. The van der Waals surface area contributed by atoms with Gasteiger partial charge in [-0.3, -0.25) is 4.79 Å². The normalized spacial score (nSPS) is 11.4. The topological polar surface area (TPSA) is 42.2 Å². The van der Waals surface area contributed by atoms with Crippen molar-refractivity contribution in [3.05, 3.63) is 52.9 Å². The van der Waals surface area contributed by atoms with Crippen LogP contribution in [0.1, 0.15) is 16.1 Å². The summed E-state index contributed by atoms with van der Waals surface area (Å²) >= 11 is 5.74. The fraction of sp³-hybridized carbons (Fsp3) is 0.0833. The smallest absolute Gasteiger partial charge is 0.416 e. The maximum absolute atomic E-state index is 12.5. The number of benzene rings is 1. The van der Waals surface area contributed by atoms with E-state index in [1.54, 1.807) is 0 Å². The van der Waals surface area contributed by atoms with Crippen LogP contribution >= 0.6 is 11.6 Å². The fourth-order valence-corrected chi connectivity index (χ4v) is 1.55. The molecule has 0 aliphatic carbocycles. The van der Waals surface area contributed by atoms with Gasteiger partial charge in [0.15, 0.2) is 5.76 Å². The number of nitrogens with one attached hydrogen (secondary N) is 1. The summed E-state index contributed by atoms with van der Waals surface area (Å²) in [5, 5.41) is 2.27. The van der Waals surface area contributed by atoms with Crippen LogP contribution < -0.4 is 5.32 Å². The monoisotopic (exact) mass is 289 g/mol. The lowest BCUT2D eigenvalue weighted by Crippen LogP contribution is -2.13. The summed E-state index contributed by atoms with van der Waals surface area (Å²) in [4.78, 5) is 11.6. The first-order chi connectivity index (χ1) is 8.88. The van der Waals surface area contributed by atoms with E-state index in [0.29, 0.717) is 0 Å². The Labute approximate surface area is 111 Å². The highest BCUT2D eigenvalue weighted by molar-refractivity contribution is 6.33. The van der Waals surface area contributed by atoms with E-state index in [1.807, 2.05) is 0 Å². The second kappa shape index (κ2) is 4.97. The summed E-state index contributed by atoms with van der Waals surface area (Å²) in [6, 6.07) is 5.55. The molecule has 2 rings (SSSR count). The van der Waals surface area contributed by atoms with Crippen LogP contribution in [0.3, 0.4) is 0 Å². The third kappa shape index (κ3) is 3.08. The largest absolute Gasteiger partial charge is 0.459 e. The first kappa shape index (κ1) is 13.5. The van der Waals surface area contributed by atoms with Crippen LogP contribution in [-0.2, 0) is 6.18 Å². The fourth-order valence-electron chi connectivity index (χ4n) is 1.39. The Morgan fingerprint density at radius 2 is 2.00 bits per heavy atom. The lowest BCUT2D eigenvalue weighted by molar-refractivity contribution is -0.137. The van der Waals surface area contributed by atoms with Gasteiger partial charge < -0.3 is 9.73 Å².